The summed E-state index contributed by atoms with van der Waals surface area (Å²) in [5, 5.41) is 11.3. The van der Waals surface area contributed by atoms with Crippen LogP contribution in [0.25, 0.3) is 11.2 Å². The van der Waals surface area contributed by atoms with Crippen molar-refractivity contribution in [3.63, 3.8) is 0 Å². The van der Waals surface area contributed by atoms with Crippen LogP contribution in [0.3, 0.4) is 0 Å². The van der Waals surface area contributed by atoms with Gasteiger partial charge >= 0.3 is 5.69 Å². The lowest BCUT2D eigenvalue weighted by molar-refractivity contribution is 0.0936. The van der Waals surface area contributed by atoms with Crippen molar-refractivity contribution in [2.24, 2.45) is 7.05 Å². The van der Waals surface area contributed by atoms with E-state index in [9.17, 15) is 14.7 Å². The van der Waals surface area contributed by atoms with Crippen LogP contribution in [0.2, 0.25) is 5.02 Å². The number of aryl methyl sites for hydroxylation is 1. The van der Waals surface area contributed by atoms with Crippen molar-refractivity contribution >= 4 is 28.7 Å². The number of aromatic amines is 1. The van der Waals surface area contributed by atoms with Gasteiger partial charge in [-0.2, -0.15) is 4.98 Å². The monoisotopic (exact) mass is 447 g/mol. The van der Waals surface area contributed by atoms with Crippen LogP contribution in [0, 0.1) is 0 Å². The molecule has 0 aliphatic carbocycles. The van der Waals surface area contributed by atoms with Crippen molar-refractivity contribution < 1.29 is 9.84 Å². The van der Waals surface area contributed by atoms with Gasteiger partial charge in [0.2, 0.25) is 5.95 Å². The standard InChI is InChI=1S/C21H26ClN5O4/c1-25-18-17(19(29)24-21(25)30)27(20(23-18)26-10-4-2-3-5-11-26)12-15(28)13-31-16-8-6-14(22)7-9-16/h6-9,15,28H,2-5,10-13H2,1H3,(H,24,29,30)/t15-/m0/s1. The summed E-state index contributed by atoms with van der Waals surface area (Å²) >= 11 is 5.89. The molecular weight excluding hydrogens is 422 g/mol. The third kappa shape index (κ3) is 4.62. The van der Waals surface area contributed by atoms with Gasteiger partial charge in [0.05, 0.1) is 6.54 Å². The molecule has 1 saturated heterocycles. The number of hydrogen-bond acceptors (Lipinski definition) is 6. The highest BCUT2D eigenvalue weighted by Crippen LogP contribution is 2.23. The van der Waals surface area contributed by atoms with Crippen LogP contribution in [0.1, 0.15) is 25.7 Å². The Bertz CT molecular complexity index is 1160. The Morgan fingerprint density at radius 1 is 1.16 bits per heavy atom. The summed E-state index contributed by atoms with van der Waals surface area (Å²) in [4.78, 5) is 33.8. The lowest BCUT2D eigenvalue weighted by Gasteiger charge is -2.23. The van der Waals surface area contributed by atoms with E-state index >= 15 is 0 Å². The highest BCUT2D eigenvalue weighted by Gasteiger charge is 2.24. The van der Waals surface area contributed by atoms with Crippen LogP contribution in [0.4, 0.5) is 5.95 Å². The summed E-state index contributed by atoms with van der Waals surface area (Å²) in [6.07, 6.45) is 3.46. The van der Waals surface area contributed by atoms with Gasteiger partial charge in [-0.05, 0) is 37.1 Å². The van der Waals surface area contributed by atoms with Crippen LogP contribution in [0.15, 0.2) is 33.9 Å². The Kier molecular flexibility index (Phi) is 6.33. The molecule has 1 aliphatic heterocycles. The van der Waals surface area contributed by atoms with E-state index in [-0.39, 0.29) is 18.7 Å². The van der Waals surface area contributed by atoms with Gasteiger partial charge in [-0.25, -0.2) is 4.79 Å². The first-order chi connectivity index (χ1) is 14.9. The predicted molar refractivity (Wildman–Crippen MR) is 119 cm³/mol. The molecule has 166 valence electrons. The molecule has 31 heavy (non-hydrogen) atoms. The van der Waals surface area contributed by atoms with Gasteiger partial charge in [0.15, 0.2) is 11.2 Å². The summed E-state index contributed by atoms with van der Waals surface area (Å²) in [5.74, 6) is 1.18. The van der Waals surface area contributed by atoms with Gasteiger partial charge < -0.3 is 19.3 Å². The zero-order valence-corrected chi connectivity index (χ0v) is 18.1. The van der Waals surface area contributed by atoms with Crippen LogP contribution in [-0.4, -0.2) is 50.0 Å². The fourth-order valence-corrected chi connectivity index (χ4v) is 4.02. The number of halogens is 1. The molecule has 3 aromatic rings. The molecule has 1 atom stereocenters. The summed E-state index contributed by atoms with van der Waals surface area (Å²) in [7, 11) is 1.57. The number of aromatic nitrogens is 4. The van der Waals surface area contributed by atoms with E-state index in [1.54, 1.807) is 35.9 Å². The summed E-state index contributed by atoms with van der Waals surface area (Å²) in [6, 6.07) is 6.88. The SMILES string of the molecule is Cn1c(=O)[nH]c(=O)c2c1nc(N1CCCCCC1)n2C[C@H](O)COc1ccc(Cl)cc1. The average Bonchev–Trinajstić information content (AvgIpc) is 2.93. The minimum absolute atomic E-state index is 0.0322. The minimum atomic E-state index is -0.893. The Balaban J connectivity index is 1.66. The Labute approximate surface area is 183 Å². The number of anilines is 1. The molecule has 3 heterocycles. The maximum atomic E-state index is 12.7. The normalized spacial score (nSPS) is 15.8. The van der Waals surface area contributed by atoms with E-state index in [2.05, 4.69) is 14.9 Å². The van der Waals surface area contributed by atoms with Gasteiger partial charge in [0.1, 0.15) is 18.5 Å². The zero-order chi connectivity index (χ0) is 22.0. The molecule has 2 N–H and O–H groups in total. The van der Waals surface area contributed by atoms with E-state index < -0.39 is 17.4 Å². The average molecular weight is 448 g/mol. The van der Waals surface area contributed by atoms with E-state index in [1.807, 2.05) is 0 Å². The summed E-state index contributed by atoms with van der Waals surface area (Å²) < 4.78 is 8.69. The number of ether oxygens (including phenoxy) is 1. The molecule has 0 unspecified atom stereocenters. The van der Waals surface area contributed by atoms with Crippen LogP contribution < -0.4 is 20.9 Å². The van der Waals surface area contributed by atoms with Gasteiger partial charge in [-0.1, -0.05) is 24.4 Å². The molecule has 1 fully saturated rings. The van der Waals surface area contributed by atoms with Crippen LogP contribution in [-0.2, 0) is 13.6 Å². The van der Waals surface area contributed by atoms with Crippen molar-refractivity contribution in [2.75, 3.05) is 24.6 Å². The predicted octanol–water partition coefficient (Wildman–Crippen LogP) is 1.90. The van der Waals surface area contributed by atoms with E-state index in [1.165, 1.54) is 4.57 Å². The topological polar surface area (TPSA) is 105 Å². The Morgan fingerprint density at radius 2 is 1.84 bits per heavy atom. The second-order valence-corrected chi connectivity index (χ2v) is 8.27. The second-order valence-electron chi connectivity index (χ2n) is 7.83. The lowest BCUT2D eigenvalue weighted by atomic mass is 10.2. The van der Waals surface area contributed by atoms with Crippen molar-refractivity contribution in [3.8, 4) is 5.75 Å². The minimum Gasteiger partial charge on any atom is -0.491 e. The fraction of sp³-hybridized carbons (Fsp3) is 0.476. The zero-order valence-electron chi connectivity index (χ0n) is 17.4. The first-order valence-electron chi connectivity index (χ1n) is 10.4. The van der Waals surface area contributed by atoms with Crippen molar-refractivity contribution in [1.29, 1.82) is 0 Å². The maximum Gasteiger partial charge on any atom is 0.329 e. The van der Waals surface area contributed by atoms with Crippen molar-refractivity contribution in [2.45, 2.75) is 38.3 Å². The fourth-order valence-electron chi connectivity index (χ4n) is 3.89. The first kappa shape index (κ1) is 21.5. The number of nitrogens with one attached hydrogen (secondary N) is 1. The largest absolute Gasteiger partial charge is 0.491 e. The van der Waals surface area contributed by atoms with Gasteiger partial charge in [-0.3, -0.25) is 14.3 Å². The lowest BCUT2D eigenvalue weighted by Crippen LogP contribution is -2.32. The molecule has 0 amide bonds. The number of fused-ring (bicyclic) bond motifs is 1. The molecule has 2 aromatic heterocycles. The third-order valence-corrected chi connectivity index (χ3v) is 5.78. The highest BCUT2D eigenvalue weighted by molar-refractivity contribution is 6.30. The molecule has 0 bridgehead atoms. The smallest absolute Gasteiger partial charge is 0.329 e. The van der Waals surface area contributed by atoms with Gasteiger partial charge in [-0.15, -0.1) is 0 Å². The van der Waals surface area contributed by atoms with Gasteiger partial charge in [0, 0.05) is 25.2 Å². The maximum absolute atomic E-state index is 12.7. The van der Waals surface area contributed by atoms with E-state index in [4.69, 9.17) is 16.3 Å². The number of rotatable bonds is 6. The first-order valence-corrected chi connectivity index (χ1v) is 10.8. The molecule has 0 saturated carbocycles. The number of aliphatic hydroxyl groups is 1. The summed E-state index contributed by atoms with van der Waals surface area (Å²) in [6.45, 7) is 1.76. The molecule has 0 spiro atoms. The Morgan fingerprint density at radius 3 is 2.52 bits per heavy atom. The van der Waals surface area contributed by atoms with Gasteiger partial charge in [0.25, 0.3) is 5.56 Å². The molecule has 4 rings (SSSR count). The molecule has 10 heteroatoms. The van der Waals surface area contributed by atoms with Crippen molar-refractivity contribution in [1.82, 2.24) is 19.1 Å². The number of imidazole rings is 1. The van der Waals surface area contributed by atoms with Crippen LogP contribution in [0.5, 0.6) is 5.75 Å². The third-order valence-electron chi connectivity index (χ3n) is 5.53. The number of benzene rings is 1. The van der Waals surface area contributed by atoms with E-state index in [0.29, 0.717) is 22.4 Å². The molecule has 9 nitrogen and oxygen atoms in total. The van der Waals surface area contributed by atoms with Crippen LogP contribution >= 0.6 is 11.6 Å². The number of nitrogens with zero attached hydrogens (tertiary/aromatic N) is 4. The number of hydrogen-bond donors (Lipinski definition) is 2. The van der Waals surface area contributed by atoms with E-state index in [0.717, 1.165) is 38.8 Å². The molecule has 1 aliphatic rings. The van der Waals surface area contributed by atoms with Crippen molar-refractivity contribution in [3.05, 3.63) is 50.1 Å². The Hall–Kier alpha value is -2.78. The second kappa shape index (κ2) is 9.15. The highest BCUT2D eigenvalue weighted by atomic mass is 35.5. The molecule has 0 radical (unpaired) electrons. The quantitative estimate of drug-likeness (QED) is 0.598. The molecule has 1 aromatic carbocycles. The number of H-pyrrole nitrogens is 1. The summed E-state index contributed by atoms with van der Waals surface area (Å²) in [5.41, 5.74) is -0.459. The molecular formula is C21H26ClN5O4. The number of aliphatic hydroxyl groups excluding tert-OH is 1.